The number of aromatic nitrogens is 2. The van der Waals surface area contributed by atoms with Crippen LogP contribution in [-0.2, 0) is 6.42 Å². The summed E-state index contributed by atoms with van der Waals surface area (Å²) in [5.41, 5.74) is 6.94. The van der Waals surface area contributed by atoms with E-state index in [1.54, 1.807) is 0 Å². The summed E-state index contributed by atoms with van der Waals surface area (Å²) in [4.78, 5) is 4.55. The predicted octanol–water partition coefficient (Wildman–Crippen LogP) is 2.04. The molecule has 0 saturated heterocycles. The third-order valence-corrected chi connectivity index (χ3v) is 2.90. The molecule has 0 aliphatic rings. The van der Waals surface area contributed by atoms with Crippen LogP contribution < -0.4 is 11.6 Å². The Kier molecular flexibility index (Phi) is 4.00. The van der Waals surface area contributed by atoms with Gasteiger partial charge in [0.2, 0.25) is 0 Å². The van der Waals surface area contributed by atoms with Crippen molar-refractivity contribution in [2.24, 2.45) is 0 Å². The summed E-state index contributed by atoms with van der Waals surface area (Å²) in [5.74, 6) is 7.83. The molecule has 0 atom stereocenters. The smallest absolute Gasteiger partial charge is 0.146 e. The maximum Gasteiger partial charge on any atom is 0.146 e. The number of hydrogen-bond donors (Lipinski definition) is 2. The van der Waals surface area contributed by atoms with E-state index in [0.29, 0.717) is 11.7 Å². The van der Waals surface area contributed by atoms with Crippen molar-refractivity contribution in [2.45, 2.75) is 52.4 Å². The van der Waals surface area contributed by atoms with Gasteiger partial charge in [-0.15, -0.1) is 0 Å². The van der Waals surface area contributed by atoms with Crippen molar-refractivity contribution in [1.82, 2.24) is 9.66 Å². The van der Waals surface area contributed by atoms with E-state index in [2.05, 4.69) is 25.8 Å². The molecule has 0 unspecified atom stereocenters. The molecule has 1 rings (SSSR count). The van der Waals surface area contributed by atoms with E-state index in [0.717, 1.165) is 37.2 Å². The molecule has 4 nitrogen and oxygen atoms in total. The third kappa shape index (κ3) is 2.25. The Balaban J connectivity index is 3.03. The number of imidazole rings is 1. The molecular formula is C11H22N4. The molecule has 0 radical (unpaired) electrons. The van der Waals surface area contributed by atoms with Crippen LogP contribution in [0.3, 0.4) is 0 Å². The van der Waals surface area contributed by atoms with Crippen molar-refractivity contribution >= 4 is 5.82 Å². The molecular weight excluding hydrogens is 188 g/mol. The van der Waals surface area contributed by atoms with Crippen LogP contribution in [0.2, 0.25) is 0 Å². The summed E-state index contributed by atoms with van der Waals surface area (Å²) in [6, 6.07) is 0. The number of rotatable bonds is 5. The molecule has 0 aliphatic carbocycles. The van der Waals surface area contributed by atoms with Crippen LogP contribution in [0.25, 0.3) is 0 Å². The molecule has 0 aliphatic heterocycles. The molecule has 4 N–H and O–H groups in total. The molecule has 0 spiro atoms. The minimum Gasteiger partial charge on any atom is -0.382 e. The summed E-state index contributed by atoms with van der Waals surface area (Å²) < 4.78 is 1.54. The van der Waals surface area contributed by atoms with Crippen molar-refractivity contribution in [3.8, 4) is 0 Å². The average Bonchev–Trinajstić information content (AvgIpc) is 2.50. The first kappa shape index (κ1) is 11.9. The maximum atomic E-state index is 5.96. The summed E-state index contributed by atoms with van der Waals surface area (Å²) in [6.07, 6.45) is 4.05. The number of anilines is 1. The van der Waals surface area contributed by atoms with Gasteiger partial charge >= 0.3 is 0 Å². The summed E-state index contributed by atoms with van der Waals surface area (Å²) in [6.45, 7) is 6.42. The minimum absolute atomic E-state index is 0.436. The van der Waals surface area contributed by atoms with Crippen LogP contribution in [0.4, 0.5) is 5.82 Å². The van der Waals surface area contributed by atoms with Crippen molar-refractivity contribution in [2.75, 3.05) is 11.6 Å². The highest BCUT2D eigenvalue weighted by Crippen LogP contribution is 2.27. The Labute approximate surface area is 91.6 Å². The highest BCUT2D eigenvalue weighted by Gasteiger charge is 2.18. The summed E-state index contributed by atoms with van der Waals surface area (Å²) in [7, 11) is 0. The van der Waals surface area contributed by atoms with Gasteiger partial charge in [0.25, 0.3) is 0 Å². The first-order valence-corrected chi connectivity index (χ1v) is 5.77. The molecule has 0 amide bonds. The van der Waals surface area contributed by atoms with E-state index in [9.17, 15) is 0 Å². The second-order valence-electron chi connectivity index (χ2n) is 3.93. The average molecular weight is 210 g/mol. The number of nitrogens with zero attached hydrogens (tertiary/aromatic N) is 2. The van der Waals surface area contributed by atoms with Crippen LogP contribution in [0.1, 0.15) is 57.5 Å². The Morgan fingerprint density at radius 3 is 2.33 bits per heavy atom. The van der Waals surface area contributed by atoms with Gasteiger partial charge in [0.15, 0.2) is 0 Å². The van der Waals surface area contributed by atoms with Crippen molar-refractivity contribution < 1.29 is 0 Å². The first-order valence-electron chi connectivity index (χ1n) is 5.77. The quantitative estimate of drug-likeness (QED) is 0.731. The summed E-state index contributed by atoms with van der Waals surface area (Å²) >= 11 is 0. The zero-order valence-electron chi connectivity index (χ0n) is 9.95. The second-order valence-corrected chi connectivity index (χ2v) is 3.93. The molecule has 1 aromatic heterocycles. The van der Waals surface area contributed by atoms with E-state index >= 15 is 0 Å². The zero-order chi connectivity index (χ0) is 11.4. The normalized spacial score (nSPS) is 11.2. The van der Waals surface area contributed by atoms with Gasteiger partial charge in [0.05, 0.1) is 5.69 Å². The Bertz CT molecular complexity index is 313. The van der Waals surface area contributed by atoms with Crippen LogP contribution >= 0.6 is 0 Å². The lowest BCUT2D eigenvalue weighted by molar-refractivity contribution is 0.626. The van der Waals surface area contributed by atoms with Crippen LogP contribution in [0.5, 0.6) is 0 Å². The largest absolute Gasteiger partial charge is 0.382 e. The molecule has 0 bridgehead atoms. The van der Waals surface area contributed by atoms with Gasteiger partial charge < -0.3 is 11.6 Å². The van der Waals surface area contributed by atoms with Crippen molar-refractivity contribution in [3.05, 3.63) is 11.5 Å². The van der Waals surface area contributed by atoms with E-state index in [-0.39, 0.29) is 0 Å². The van der Waals surface area contributed by atoms with Gasteiger partial charge in [-0.3, -0.25) is 0 Å². The Morgan fingerprint density at radius 1 is 1.27 bits per heavy atom. The van der Waals surface area contributed by atoms with Gasteiger partial charge in [-0.05, 0) is 19.3 Å². The predicted molar refractivity (Wildman–Crippen MR) is 64.1 cm³/mol. The number of hydrogen-bond acceptors (Lipinski definition) is 3. The van der Waals surface area contributed by atoms with E-state index in [1.807, 2.05) is 0 Å². The Morgan fingerprint density at radius 2 is 1.87 bits per heavy atom. The number of aryl methyl sites for hydroxylation is 1. The fourth-order valence-corrected chi connectivity index (χ4v) is 1.89. The van der Waals surface area contributed by atoms with Crippen LogP contribution in [0, 0.1) is 0 Å². The summed E-state index contributed by atoms with van der Waals surface area (Å²) in [5, 5.41) is 0. The van der Waals surface area contributed by atoms with E-state index in [1.165, 1.54) is 4.68 Å². The van der Waals surface area contributed by atoms with E-state index < -0.39 is 0 Å². The zero-order valence-corrected chi connectivity index (χ0v) is 9.95. The minimum atomic E-state index is 0.436. The topological polar surface area (TPSA) is 69.9 Å². The van der Waals surface area contributed by atoms with Gasteiger partial charge in [0, 0.05) is 12.3 Å². The maximum absolute atomic E-state index is 5.96. The standard InChI is InChI=1S/C11H22N4/c1-4-7-9-14-10(8(5-2)6-3)11(12)15(9)13/h8H,4-7,12-13H2,1-3H3. The van der Waals surface area contributed by atoms with Gasteiger partial charge in [-0.2, -0.15) is 0 Å². The lowest BCUT2D eigenvalue weighted by Crippen LogP contribution is -2.15. The van der Waals surface area contributed by atoms with Crippen LogP contribution in [0.15, 0.2) is 0 Å². The molecule has 1 heterocycles. The second kappa shape index (κ2) is 5.05. The lowest BCUT2D eigenvalue weighted by Gasteiger charge is -2.09. The molecule has 1 aromatic rings. The number of nitrogens with two attached hydrogens (primary N) is 2. The van der Waals surface area contributed by atoms with Gasteiger partial charge in [0.1, 0.15) is 11.6 Å². The first-order chi connectivity index (χ1) is 7.15. The highest BCUT2D eigenvalue weighted by molar-refractivity contribution is 5.40. The third-order valence-electron chi connectivity index (χ3n) is 2.90. The molecule has 4 heteroatoms. The van der Waals surface area contributed by atoms with Crippen molar-refractivity contribution in [1.29, 1.82) is 0 Å². The lowest BCUT2D eigenvalue weighted by atomic mass is 10.00. The van der Waals surface area contributed by atoms with Gasteiger partial charge in [-0.25, -0.2) is 9.66 Å². The SMILES string of the molecule is CCCc1nc(C(CC)CC)c(N)n1N. The van der Waals surface area contributed by atoms with E-state index in [4.69, 9.17) is 11.6 Å². The molecule has 0 aromatic carbocycles. The molecule has 0 saturated carbocycles. The van der Waals surface area contributed by atoms with Crippen LogP contribution in [-0.4, -0.2) is 9.66 Å². The van der Waals surface area contributed by atoms with Crippen molar-refractivity contribution in [3.63, 3.8) is 0 Å². The molecule has 15 heavy (non-hydrogen) atoms. The monoisotopic (exact) mass is 210 g/mol. The number of nitrogen functional groups attached to an aromatic ring is 2. The van der Waals surface area contributed by atoms with Gasteiger partial charge in [-0.1, -0.05) is 20.8 Å². The molecule has 0 fully saturated rings. The Hall–Kier alpha value is -1.19. The fraction of sp³-hybridized carbons (Fsp3) is 0.727. The highest BCUT2D eigenvalue weighted by atomic mass is 15.4. The fourth-order valence-electron chi connectivity index (χ4n) is 1.89. The molecule has 86 valence electrons.